The van der Waals surface area contributed by atoms with Crippen LogP contribution in [0.5, 0.6) is 0 Å². The SMILES string of the molecule is CC(C)c1noc([C@@H](Nc2nccc(C(F)(F)F)n2)C2CCOCC2)n1. The Labute approximate surface area is 148 Å². The molecule has 1 fully saturated rings. The molecule has 0 unspecified atom stereocenters. The number of hydrogen-bond acceptors (Lipinski definition) is 7. The second-order valence-electron chi connectivity index (χ2n) is 6.48. The van der Waals surface area contributed by atoms with E-state index in [2.05, 4.69) is 25.4 Å². The first-order chi connectivity index (χ1) is 12.3. The van der Waals surface area contributed by atoms with E-state index in [1.807, 2.05) is 13.8 Å². The van der Waals surface area contributed by atoms with Crippen molar-refractivity contribution in [2.45, 2.75) is 44.8 Å². The number of alkyl halides is 3. The van der Waals surface area contributed by atoms with Crippen LogP contribution in [-0.4, -0.2) is 33.3 Å². The fourth-order valence-electron chi connectivity index (χ4n) is 2.76. The number of rotatable bonds is 5. The van der Waals surface area contributed by atoms with Gasteiger partial charge in [0, 0.05) is 25.3 Å². The van der Waals surface area contributed by atoms with Crippen molar-refractivity contribution in [1.82, 2.24) is 20.1 Å². The van der Waals surface area contributed by atoms with Crippen LogP contribution >= 0.6 is 0 Å². The van der Waals surface area contributed by atoms with E-state index in [1.165, 1.54) is 0 Å². The molecule has 1 aliphatic heterocycles. The first-order valence-electron chi connectivity index (χ1n) is 8.42. The molecule has 0 spiro atoms. The lowest BCUT2D eigenvalue weighted by Crippen LogP contribution is -2.28. The molecule has 0 aliphatic carbocycles. The third-order valence-corrected chi connectivity index (χ3v) is 4.21. The zero-order valence-corrected chi connectivity index (χ0v) is 14.5. The molecular formula is C16H20F3N5O2. The molecule has 2 aromatic rings. The van der Waals surface area contributed by atoms with Gasteiger partial charge in [0.2, 0.25) is 11.8 Å². The van der Waals surface area contributed by atoms with Crippen molar-refractivity contribution in [3.05, 3.63) is 29.7 Å². The second-order valence-corrected chi connectivity index (χ2v) is 6.48. The van der Waals surface area contributed by atoms with E-state index >= 15 is 0 Å². The van der Waals surface area contributed by atoms with Gasteiger partial charge in [-0.2, -0.15) is 18.2 Å². The molecule has 1 aliphatic rings. The van der Waals surface area contributed by atoms with E-state index < -0.39 is 17.9 Å². The van der Waals surface area contributed by atoms with Crippen LogP contribution in [0.4, 0.5) is 19.1 Å². The largest absolute Gasteiger partial charge is 0.433 e. The maximum atomic E-state index is 12.9. The number of anilines is 1. The molecule has 10 heteroatoms. The number of hydrogen-bond donors (Lipinski definition) is 1. The van der Waals surface area contributed by atoms with E-state index in [1.54, 1.807) is 0 Å². The number of aromatic nitrogens is 4. The van der Waals surface area contributed by atoms with Crippen LogP contribution in [0.2, 0.25) is 0 Å². The zero-order chi connectivity index (χ0) is 18.7. The van der Waals surface area contributed by atoms with Gasteiger partial charge in [-0.05, 0) is 24.8 Å². The Balaban J connectivity index is 1.88. The molecule has 7 nitrogen and oxygen atoms in total. The predicted molar refractivity (Wildman–Crippen MR) is 85.3 cm³/mol. The number of nitrogens with zero attached hydrogens (tertiary/aromatic N) is 4. The summed E-state index contributed by atoms with van der Waals surface area (Å²) in [7, 11) is 0. The molecule has 3 heterocycles. The van der Waals surface area contributed by atoms with E-state index in [0.29, 0.717) is 24.9 Å². The molecule has 3 rings (SSSR count). The highest BCUT2D eigenvalue weighted by atomic mass is 19.4. The molecule has 0 amide bonds. The summed E-state index contributed by atoms with van der Waals surface area (Å²) < 4.78 is 49.4. The van der Waals surface area contributed by atoms with Crippen molar-refractivity contribution in [3.8, 4) is 0 Å². The van der Waals surface area contributed by atoms with Crippen molar-refractivity contribution in [2.75, 3.05) is 18.5 Å². The Kier molecular flexibility index (Phi) is 5.40. The normalized spacial score (nSPS) is 17.5. The topological polar surface area (TPSA) is 86.0 Å². The quantitative estimate of drug-likeness (QED) is 0.860. The molecule has 1 atom stereocenters. The third-order valence-electron chi connectivity index (χ3n) is 4.21. The first kappa shape index (κ1) is 18.6. The second kappa shape index (κ2) is 7.56. The van der Waals surface area contributed by atoms with Crippen LogP contribution in [0.3, 0.4) is 0 Å². The fourth-order valence-corrected chi connectivity index (χ4v) is 2.76. The molecule has 0 bridgehead atoms. The summed E-state index contributed by atoms with van der Waals surface area (Å²) in [6.45, 7) is 5.00. The van der Waals surface area contributed by atoms with E-state index in [9.17, 15) is 13.2 Å². The number of nitrogens with one attached hydrogen (secondary N) is 1. The number of halogens is 3. The van der Waals surface area contributed by atoms with Gasteiger partial charge < -0.3 is 14.6 Å². The molecular weight excluding hydrogens is 351 g/mol. The molecule has 1 N–H and O–H groups in total. The standard InChI is InChI=1S/C16H20F3N5O2/c1-9(2)13-23-14(26-24-13)12(10-4-7-25-8-5-10)22-15-20-6-3-11(21-15)16(17,18)19/h3,6,9-10,12H,4-5,7-8H2,1-2H3,(H,20,21,22)/t12-/m0/s1. The van der Waals surface area contributed by atoms with E-state index in [4.69, 9.17) is 9.26 Å². The van der Waals surface area contributed by atoms with Crippen LogP contribution in [-0.2, 0) is 10.9 Å². The predicted octanol–water partition coefficient (Wildman–Crippen LogP) is 3.58. The zero-order valence-electron chi connectivity index (χ0n) is 14.5. The van der Waals surface area contributed by atoms with Crippen LogP contribution in [0, 0.1) is 5.92 Å². The average molecular weight is 371 g/mol. The minimum absolute atomic E-state index is 0.0577. The van der Waals surface area contributed by atoms with Gasteiger partial charge in [-0.15, -0.1) is 0 Å². The maximum Gasteiger partial charge on any atom is 0.433 e. The fraction of sp³-hybridized carbons (Fsp3) is 0.625. The summed E-state index contributed by atoms with van der Waals surface area (Å²) in [5.41, 5.74) is -1.01. The van der Waals surface area contributed by atoms with Gasteiger partial charge >= 0.3 is 6.18 Å². The van der Waals surface area contributed by atoms with Crippen molar-refractivity contribution in [1.29, 1.82) is 0 Å². The van der Waals surface area contributed by atoms with Gasteiger partial charge in [0.1, 0.15) is 11.7 Å². The Hall–Kier alpha value is -2.23. The minimum Gasteiger partial charge on any atom is -0.381 e. The van der Waals surface area contributed by atoms with Gasteiger partial charge in [0.05, 0.1) is 0 Å². The molecule has 1 saturated heterocycles. The lowest BCUT2D eigenvalue weighted by Gasteiger charge is -2.28. The molecule has 26 heavy (non-hydrogen) atoms. The average Bonchev–Trinajstić information content (AvgIpc) is 3.10. The minimum atomic E-state index is -4.54. The van der Waals surface area contributed by atoms with Crippen molar-refractivity contribution >= 4 is 5.95 Å². The summed E-state index contributed by atoms with van der Waals surface area (Å²) in [6, 6.07) is 0.348. The Bertz CT molecular complexity index is 729. The van der Waals surface area contributed by atoms with Crippen LogP contribution < -0.4 is 5.32 Å². The summed E-state index contributed by atoms with van der Waals surface area (Å²) in [4.78, 5) is 11.9. The lowest BCUT2D eigenvalue weighted by molar-refractivity contribution is -0.141. The van der Waals surface area contributed by atoms with E-state index in [-0.39, 0.29) is 17.8 Å². The van der Waals surface area contributed by atoms with Gasteiger partial charge in [-0.3, -0.25) is 0 Å². The first-order valence-corrected chi connectivity index (χ1v) is 8.42. The Morgan fingerprint density at radius 1 is 1.19 bits per heavy atom. The van der Waals surface area contributed by atoms with E-state index in [0.717, 1.165) is 25.1 Å². The summed E-state index contributed by atoms with van der Waals surface area (Å²) in [5, 5.41) is 6.91. The van der Waals surface area contributed by atoms with Crippen molar-refractivity contribution in [2.24, 2.45) is 5.92 Å². The highest BCUT2D eigenvalue weighted by Crippen LogP contribution is 2.33. The summed E-state index contributed by atoms with van der Waals surface area (Å²) in [6.07, 6.45) is -2.03. The maximum absolute atomic E-state index is 12.9. The van der Waals surface area contributed by atoms with Gasteiger partial charge in [-0.1, -0.05) is 19.0 Å². The van der Waals surface area contributed by atoms with Crippen LogP contribution in [0.25, 0.3) is 0 Å². The van der Waals surface area contributed by atoms with Gasteiger partial charge in [0.25, 0.3) is 0 Å². The number of ether oxygens (including phenoxy) is 1. The molecule has 0 radical (unpaired) electrons. The molecule has 142 valence electrons. The monoisotopic (exact) mass is 371 g/mol. The van der Waals surface area contributed by atoms with Crippen LogP contribution in [0.15, 0.2) is 16.8 Å². The molecule has 0 aromatic carbocycles. The molecule has 0 saturated carbocycles. The smallest absolute Gasteiger partial charge is 0.381 e. The van der Waals surface area contributed by atoms with Crippen LogP contribution in [0.1, 0.15) is 56.1 Å². The van der Waals surface area contributed by atoms with Crippen molar-refractivity contribution in [3.63, 3.8) is 0 Å². The van der Waals surface area contributed by atoms with Gasteiger partial charge in [0.15, 0.2) is 5.82 Å². The highest BCUT2D eigenvalue weighted by Gasteiger charge is 2.34. The Morgan fingerprint density at radius 3 is 2.54 bits per heavy atom. The lowest BCUT2D eigenvalue weighted by atomic mass is 9.91. The summed E-state index contributed by atoms with van der Waals surface area (Å²) in [5.74, 6) is 0.876. The molecule has 2 aromatic heterocycles. The highest BCUT2D eigenvalue weighted by molar-refractivity contribution is 5.29. The summed E-state index contributed by atoms with van der Waals surface area (Å²) >= 11 is 0. The van der Waals surface area contributed by atoms with Crippen molar-refractivity contribution < 1.29 is 22.4 Å². The Morgan fingerprint density at radius 2 is 1.92 bits per heavy atom. The van der Waals surface area contributed by atoms with Gasteiger partial charge in [-0.25, -0.2) is 9.97 Å². The third kappa shape index (κ3) is 4.29.